The minimum absolute atomic E-state index is 0.318. The molecule has 0 saturated carbocycles. The normalized spacial score (nSPS) is 15.5. The minimum atomic E-state index is 0.318. The molecule has 0 aromatic heterocycles. The Balaban J connectivity index is 1.62. The molecule has 4 rings (SSSR count). The number of hydrogen-bond donors (Lipinski definition) is 1. The summed E-state index contributed by atoms with van der Waals surface area (Å²) in [7, 11) is 0. The summed E-state index contributed by atoms with van der Waals surface area (Å²) in [5.74, 6) is 1.66. The van der Waals surface area contributed by atoms with E-state index < -0.39 is 0 Å². The lowest BCUT2D eigenvalue weighted by atomic mass is 10.1. The zero-order chi connectivity index (χ0) is 13.5. The maximum atomic E-state index is 6.12. The van der Waals surface area contributed by atoms with Crippen LogP contribution < -0.4 is 20.1 Å². The molecular weight excluding hydrogens is 252 g/mol. The van der Waals surface area contributed by atoms with Crippen molar-refractivity contribution in [3.05, 3.63) is 47.5 Å². The molecule has 20 heavy (non-hydrogen) atoms. The summed E-state index contributed by atoms with van der Waals surface area (Å²) < 4.78 is 10.8. The van der Waals surface area contributed by atoms with Gasteiger partial charge in [0.15, 0.2) is 11.5 Å². The van der Waals surface area contributed by atoms with E-state index >= 15 is 0 Å². The van der Waals surface area contributed by atoms with Crippen molar-refractivity contribution < 1.29 is 9.47 Å². The van der Waals surface area contributed by atoms with Gasteiger partial charge in [0.25, 0.3) is 0 Å². The van der Waals surface area contributed by atoms with E-state index in [1.807, 2.05) is 18.2 Å². The third-order valence-electron chi connectivity index (χ3n) is 3.93. The Morgan fingerprint density at radius 2 is 2.00 bits per heavy atom. The Kier molecular flexibility index (Phi) is 2.49. The first-order valence-electron chi connectivity index (χ1n) is 6.82. The molecule has 0 saturated heterocycles. The molecule has 2 aromatic rings. The fraction of sp³-hybridized carbons (Fsp3) is 0.250. The van der Waals surface area contributed by atoms with Gasteiger partial charge in [-0.3, -0.25) is 0 Å². The maximum Gasteiger partial charge on any atom is 0.231 e. The lowest BCUT2D eigenvalue weighted by Crippen LogP contribution is -2.20. The maximum absolute atomic E-state index is 6.12. The average molecular weight is 268 g/mol. The first-order chi connectivity index (χ1) is 9.81. The van der Waals surface area contributed by atoms with Crippen LogP contribution in [0.1, 0.15) is 11.1 Å². The van der Waals surface area contributed by atoms with E-state index in [0.29, 0.717) is 6.79 Å². The van der Waals surface area contributed by atoms with Crippen molar-refractivity contribution in [2.45, 2.75) is 13.0 Å². The molecule has 0 radical (unpaired) electrons. The molecule has 0 spiro atoms. The topological polar surface area (TPSA) is 47.7 Å². The third kappa shape index (κ3) is 1.76. The summed E-state index contributed by atoms with van der Waals surface area (Å²) in [5.41, 5.74) is 10.7. The second kappa shape index (κ2) is 4.34. The van der Waals surface area contributed by atoms with Gasteiger partial charge in [0.1, 0.15) is 0 Å². The summed E-state index contributed by atoms with van der Waals surface area (Å²) >= 11 is 0. The summed E-state index contributed by atoms with van der Waals surface area (Å²) in [6, 6.07) is 12.3. The smallest absolute Gasteiger partial charge is 0.231 e. The van der Waals surface area contributed by atoms with Gasteiger partial charge in [-0.15, -0.1) is 0 Å². The van der Waals surface area contributed by atoms with Crippen LogP contribution in [-0.4, -0.2) is 13.3 Å². The van der Waals surface area contributed by atoms with Gasteiger partial charge in [-0.05, 0) is 35.7 Å². The summed E-state index contributed by atoms with van der Waals surface area (Å²) in [4.78, 5) is 2.34. The van der Waals surface area contributed by atoms with Crippen molar-refractivity contribution in [3.63, 3.8) is 0 Å². The SMILES string of the molecule is Nc1cccc2c1N(Cc1ccc3c(c1)OCO3)CC2. The Morgan fingerprint density at radius 1 is 1.10 bits per heavy atom. The molecule has 0 aliphatic carbocycles. The van der Waals surface area contributed by atoms with Gasteiger partial charge in [-0.2, -0.15) is 0 Å². The van der Waals surface area contributed by atoms with Crippen LogP contribution in [0, 0.1) is 0 Å². The van der Waals surface area contributed by atoms with Gasteiger partial charge in [-0.25, -0.2) is 0 Å². The van der Waals surface area contributed by atoms with Crippen molar-refractivity contribution in [1.29, 1.82) is 0 Å². The van der Waals surface area contributed by atoms with Gasteiger partial charge in [0.2, 0.25) is 6.79 Å². The van der Waals surface area contributed by atoms with Gasteiger partial charge in [-0.1, -0.05) is 18.2 Å². The Hall–Kier alpha value is -2.36. The van der Waals surface area contributed by atoms with Crippen molar-refractivity contribution in [2.24, 2.45) is 0 Å². The lowest BCUT2D eigenvalue weighted by Gasteiger charge is -2.21. The van der Waals surface area contributed by atoms with Crippen molar-refractivity contribution >= 4 is 11.4 Å². The van der Waals surface area contributed by atoms with Crippen LogP contribution >= 0.6 is 0 Å². The summed E-state index contributed by atoms with van der Waals surface area (Å²) in [6.07, 6.45) is 1.06. The lowest BCUT2D eigenvalue weighted by molar-refractivity contribution is 0.174. The molecule has 2 aromatic carbocycles. The molecule has 0 bridgehead atoms. The number of nitrogens with two attached hydrogens (primary N) is 1. The minimum Gasteiger partial charge on any atom is -0.454 e. The first-order valence-corrected chi connectivity index (χ1v) is 6.82. The number of rotatable bonds is 2. The predicted molar refractivity (Wildman–Crippen MR) is 78.2 cm³/mol. The molecule has 0 atom stereocenters. The fourth-order valence-corrected chi connectivity index (χ4v) is 2.98. The number of nitrogen functional groups attached to an aromatic ring is 1. The molecular formula is C16H16N2O2. The van der Waals surface area contributed by atoms with Gasteiger partial charge in [0, 0.05) is 13.1 Å². The van der Waals surface area contributed by atoms with Crippen LogP contribution in [0.4, 0.5) is 11.4 Å². The highest BCUT2D eigenvalue weighted by Crippen LogP contribution is 2.36. The number of ether oxygens (including phenoxy) is 2. The number of benzene rings is 2. The van der Waals surface area contributed by atoms with Crippen LogP contribution in [0.2, 0.25) is 0 Å². The van der Waals surface area contributed by atoms with Crippen LogP contribution in [0.3, 0.4) is 0 Å². The third-order valence-corrected chi connectivity index (χ3v) is 3.93. The van der Waals surface area contributed by atoms with Gasteiger partial charge >= 0.3 is 0 Å². The molecule has 4 nitrogen and oxygen atoms in total. The van der Waals surface area contributed by atoms with E-state index in [4.69, 9.17) is 15.2 Å². The van der Waals surface area contributed by atoms with Crippen molar-refractivity contribution in [2.75, 3.05) is 24.0 Å². The van der Waals surface area contributed by atoms with Crippen LogP contribution in [-0.2, 0) is 13.0 Å². The molecule has 0 unspecified atom stereocenters. The van der Waals surface area contributed by atoms with Crippen LogP contribution in [0.15, 0.2) is 36.4 Å². The molecule has 102 valence electrons. The summed E-state index contributed by atoms with van der Waals surface area (Å²) in [5, 5.41) is 0. The monoisotopic (exact) mass is 268 g/mol. The van der Waals surface area contributed by atoms with E-state index in [-0.39, 0.29) is 0 Å². The second-order valence-electron chi connectivity index (χ2n) is 5.21. The molecule has 0 amide bonds. The number of para-hydroxylation sites is 1. The van der Waals surface area contributed by atoms with E-state index in [1.165, 1.54) is 16.8 Å². The number of fused-ring (bicyclic) bond motifs is 2. The zero-order valence-electron chi connectivity index (χ0n) is 11.1. The quantitative estimate of drug-likeness (QED) is 0.850. The van der Waals surface area contributed by atoms with E-state index in [1.54, 1.807) is 0 Å². The second-order valence-corrected chi connectivity index (χ2v) is 5.21. The fourth-order valence-electron chi connectivity index (χ4n) is 2.98. The zero-order valence-corrected chi connectivity index (χ0v) is 11.1. The predicted octanol–water partition coefficient (Wildman–Crippen LogP) is 2.56. The number of anilines is 2. The number of nitrogens with zero attached hydrogens (tertiary/aromatic N) is 1. The van der Waals surface area contributed by atoms with E-state index in [0.717, 1.165) is 36.7 Å². The molecule has 2 N–H and O–H groups in total. The Morgan fingerprint density at radius 3 is 2.95 bits per heavy atom. The highest BCUT2D eigenvalue weighted by molar-refractivity contribution is 5.74. The Labute approximate surface area is 117 Å². The summed E-state index contributed by atoms with van der Waals surface area (Å²) in [6.45, 7) is 2.17. The van der Waals surface area contributed by atoms with Gasteiger partial charge < -0.3 is 20.1 Å². The van der Waals surface area contributed by atoms with Crippen LogP contribution in [0.5, 0.6) is 11.5 Å². The molecule has 2 heterocycles. The Bertz CT molecular complexity index is 670. The van der Waals surface area contributed by atoms with E-state index in [9.17, 15) is 0 Å². The van der Waals surface area contributed by atoms with Gasteiger partial charge in [0.05, 0.1) is 11.4 Å². The molecule has 0 fully saturated rings. The van der Waals surface area contributed by atoms with Crippen molar-refractivity contribution in [1.82, 2.24) is 0 Å². The van der Waals surface area contributed by atoms with Crippen molar-refractivity contribution in [3.8, 4) is 11.5 Å². The number of hydrogen-bond acceptors (Lipinski definition) is 4. The molecule has 2 aliphatic heterocycles. The highest BCUT2D eigenvalue weighted by Gasteiger charge is 2.22. The standard InChI is InChI=1S/C16H16N2O2/c17-13-3-1-2-12-6-7-18(16(12)13)9-11-4-5-14-15(8-11)20-10-19-14/h1-5,8H,6-7,9-10,17H2. The largest absolute Gasteiger partial charge is 0.454 e. The highest BCUT2D eigenvalue weighted by atomic mass is 16.7. The first kappa shape index (κ1) is 11.5. The van der Waals surface area contributed by atoms with Crippen LogP contribution in [0.25, 0.3) is 0 Å². The molecule has 4 heteroatoms. The van der Waals surface area contributed by atoms with E-state index in [2.05, 4.69) is 23.1 Å². The average Bonchev–Trinajstić information content (AvgIpc) is 3.06. The molecule has 2 aliphatic rings.